The van der Waals surface area contributed by atoms with Crippen LogP contribution in [0.5, 0.6) is 0 Å². The standard InChI is InChI=1S/C17H18ClNO/c18-9-8-13-6-7-16-14(10-13)15(17(20)19-16)11-12-4-2-1-3-5-12/h2,4,6-7,10-12H,1,3,5,8-9H2,(H,19,20). The van der Waals surface area contributed by atoms with Gasteiger partial charge in [-0.15, -0.1) is 11.6 Å². The van der Waals surface area contributed by atoms with E-state index in [1.165, 1.54) is 12.0 Å². The number of hydrogen-bond donors (Lipinski definition) is 1. The molecule has 0 spiro atoms. The minimum atomic E-state index is 0.0157. The fraction of sp³-hybridized carbons (Fsp3) is 0.353. The molecule has 1 heterocycles. The van der Waals surface area contributed by atoms with Crippen molar-refractivity contribution in [1.29, 1.82) is 0 Å². The van der Waals surface area contributed by atoms with E-state index >= 15 is 0 Å². The molecule has 0 saturated carbocycles. The van der Waals surface area contributed by atoms with Gasteiger partial charge >= 0.3 is 0 Å². The second-order valence-electron chi connectivity index (χ2n) is 5.38. The topological polar surface area (TPSA) is 29.1 Å². The zero-order valence-electron chi connectivity index (χ0n) is 11.4. The monoisotopic (exact) mass is 287 g/mol. The first kappa shape index (κ1) is 13.4. The SMILES string of the molecule is O=C1Nc2ccc(CCCl)cc2C1=CC1C=CCCC1. The lowest BCUT2D eigenvalue weighted by molar-refractivity contribution is -0.110. The Balaban J connectivity index is 1.95. The Morgan fingerprint density at radius 1 is 1.40 bits per heavy atom. The number of carbonyl (C=O) groups is 1. The molecule has 2 nitrogen and oxygen atoms in total. The Kier molecular flexibility index (Phi) is 3.93. The Labute approximate surface area is 124 Å². The number of hydrogen-bond acceptors (Lipinski definition) is 1. The second kappa shape index (κ2) is 5.84. The highest BCUT2D eigenvalue weighted by molar-refractivity contribution is 6.31. The molecular weight excluding hydrogens is 270 g/mol. The Bertz CT molecular complexity index is 589. The van der Waals surface area contributed by atoms with Crippen LogP contribution in [-0.2, 0) is 11.2 Å². The van der Waals surface area contributed by atoms with E-state index in [2.05, 4.69) is 29.6 Å². The van der Waals surface area contributed by atoms with E-state index in [1.54, 1.807) is 0 Å². The van der Waals surface area contributed by atoms with Crippen molar-refractivity contribution in [2.75, 3.05) is 11.2 Å². The zero-order valence-corrected chi connectivity index (χ0v) is 12.1. The molecule has 1 aromatic carbocycles. The van der Waals surface area contributed by atoms with Crippen LogP contribution < -0.4 is 5.32 Å². The maximum atomic E-state index is 12.1. The summed E-state index contributed by atoms with van der Waals surface area (Å²) in [5, 5.41) is 2.94. The molecule has 104 valence electrons. The van der Waals surface area contributed by atoms with E-state index in [0.29, 0.717) is 11.8 Å². The summed E-state index contributed by atoms with van der Waals surface area (Å²) < 4.78 is 0. The molecule has 1 aliphatic heterocycles. The molecule has 0 radical (unpaired) electrons. The minimum Gasteiger partial charge on any atom is -0.321 e. The van der Waals surface area contributed by atoms with Crippen LogP contribution in [0.25, 0.3) is 5.57 Å². The van der Waals surface area contributed by atoms with Crippen molar-refractivity contribution >= 4 is 28.8 Å². The van der Waals surface area contributed by atoms with Gasteiger partial charge in [0.1, 0.15) is 0 Å². The van der Waals surface area contributed by atoms with E-state index in [9.17, 15) is 4.79 Å². The number of alkyl halides is 1. The quantitative estimate of drug-likeness (QED) is 0.505. The number of fused-ring (bicyclic) bond motifs is 1. The van der Waals surface area contributed by atoms with Crippen molar-refractivity contribution in [3.63, 3.8) is 0 Å². The summed E-state index contributed by atoms with van der Waals surface area (Å²) in [5.41, 5.74) is 3.93. The highest BCUT2D eigenvalue weighted by Gasteiger charge is 2.25. The van der Waals surface area contributed by atoms with Crippen LogP contribution >= 0.6 is 11.6 Å². The first-order valence-corrected chi connectivity index (χ1v) is 7.70. The lowest BCUT2D eigenvalue weighted by Gasteiger charge is -2.12. The Morgan fingerprint density at radius 3 is 3.05 bits per heavy atom. The zero-order chi connectivity index (χ0) is 13.9. The van der Waals surface area contributed by atoms with Crippen LogP contribution in [0.2, 0.25) is 0 Å². The van der Waals surface area contributed by atoms with Gasteiger partial charge in [-0.1, -0.05) is 24.3 Å². The van der Waals surface area contributed by atoms with Crippen LogP contribution in [0, 0.1) is 5.92 Å². The van der Waals surface area contributed by atoms with Crippen LogP contribution in [0.15, 0.2) is 36.4 Å². The molecule has 0 saturated heterocycles. The predicted molar refractivity (Wildman–Crippen MR) is 84.0 cm³/mol. The first-order valence-electron chi connectivity index (χ1n) is 7.17. The first-order chi connectivity index (χ1) is 9.78. The van der Waals surface area contributed by atoms with Crippen molar-refractivity contribution in [3.05, 3.63) is 47.6 Å². The minimum absolute atomic E-state index is 0.0157. The van der Waals surface area contributed by atoms with Crippen molar-refractivity contribution < 1.29 is 4.79 Å². The third-order valence-electron chi connectivity index (χ3n) is 3.92. The molecule has 0 fully saturated rings. The smallest absolute Gasteiger partial charge is 0.256 e. The lowest BCUT2D eigenvalue weighted by atomic mass is 9.92. The second-order valence-corrected chi connectivity index (χ2v) is 5.75. The molecular formula is C17H18ClNO. The number of nitrogens with one attached hydrogen (secondary N) is 1. The fourth-order valence-electron chi connectivity index (χ4n) is 2.86. The van der Waals surface area contributed by atoms with E-state index in [-0.39, 0.29) is 5.91 Å². The normalized spacial score (nSPS) is 22.9. The third-order valence-corrected chi connectivity index (χ3v) is 4.11. The Hall–Kier alpha value is -1.54. The van der Waals surface area contributed by atoms with E-state index in [4.69, 9.17) is 11.6 Å². The molecule has 2 aliphatic rings. The van der Waals surface area contributed by atoms with Crippen LogP contribution in [0.4, 0.5) is 5.69 Å². The largest absolute Gasteiger partial charge is 0.321 e. The summed E-state index contributed by atoms with van der Waals surface area (Å²) in [5.74, 6) is 0.999. The van der Waals surface area contributed by atoms with E-state index < -0.39 is 0 Å². The number of amides is 1. The van der Waals surface area contributed by atoms with Gasteiger partial charge in [0.25, 0.3) is 5.91 Å². The van der Waals surface area contributed by atoms with Crippen molar-refractivity contribution in [2.45, 2.75) is 25.7 Å². The van der Waals surface area contributed by atoms with Crippen LogP contribution in [0.3, 0.4) is 0 Å². The van der Waals surface area contributed by atoms with E-state index in [0.717, 1.165) is 36.1 Å². The van der Waals surface area contributed by atoms with Crippen molar-refractivity contribution in [2.24, 2.45) is 5.92 Å². The van der Waals surface area contributed by atoms with Gasteiger partial charge in [0, 0.05) is 22.7 Å². The number of rotatable bonds is 3. The van der Waals surface area contributed by atoms with Crippen LogP contribution in [-0.4, -0.2) is 11.8 Å². The number of halogens is 1. The molecule has 0 aromatic heterocycles. The predicted octanol–water partition coefficient (Wildman–Crippen LogP) is 4.16. The van der Waals surface area contributed by atoms with Gasteiger partial charge in [-0.25, -0.2) is 0 Å². The third kappa shape index (κ3) is 2.66. The van der Waals surface area contributed by atoms with Gasteiger partial charge in [0.05, 0.1) is 0 Å². The number of anilines is 1. The molecule has 1 amide bonds. The summed E-state index contributed by atoms with van der Waals surface area (Å²) >= 11 is 5.80. The molecule has 1 unspecified atom stereocenters. The average Bonchev–Trinajstić information content (AvgIpc) is 2.77. The molecule has 1 aliphatic carbocycles. The van der Waals surface area contributed by atoms with Gasteiger partial charge in [-0.2, -0.15) is 0 Å². The summed E-state index contributed by atoms with van der Waals surface area (Å²) in [7, 11) is 0. The molecule has 20 heavy (non-hydrogen) atoms. The number of carbonyl (C=O) groups excluding carboxylic acids is 1. The highest BCUT2D eigenvalue weighted by atomic mass is 35.5. The molecule has 3 rings (SSSR count). The van der Waals surface area contributed by atoms with Crippen LogP contribution in [0.1, 0.15) is 30.4 Å². The molecule has 3 heteroatoms. The lowest BCUT2D eigenvalue weighted by Crippen LogP contribution is -2.06. The molecule has 1 N–H and O–H groups in total. The van der Waals surface area contributed by atoms with E-state index in [1.807, 2.05) is 12.1 Å². The van der Waals surface area contributed by atoms with Crippen molar-refractivity contribution in [3.8, 4) is 0 Å². The van der Waals surface area contributed by atoms with Gasteiger partial charge in [0.2, 0.25) is 0 Å². The summed E-state index contributed by atoms with van der Waals surface area (Å²) in [6.07, 6.45) is 10.9. The molecule has 1 aromatic rings. The summed E-state index contributed by atoms with van der Waals surface area (Å²) in [6, 6.07) is 6.10. The maximum absolute atomic E-state index is 12.1. The highest BCUT2D eigenvalue weighted by Crippen LogP contribution is 2.34. The summed E-state index contributed by atoms with van der Waals surface area (Å²) in [4.78, 5) is 12.1. The molecule has 0 bridgehead atoms. The number of allylic oxidation sites excluding steroid dienone is 3. The Morgan fingerprint density at radius 2 is 2.30 bits per heavy atom. The average molecular weight is 288 g/mol. The maximum Gasteiger partial charge on any atom is 0.256 e. The van der Waals surface area contributed by atoms with Gasteiger partial charge in [0.15, 0.2) is 0 Å². The van der Waals surface area contributed by atoms with Gasteiger partial charge < -0.3 is 5.32 Å². The number of aryl methyl sites for hydroxylation is 1. The number of benzene rings is 1. The van der Waals surface area contributed by atoms with Gasteiger partial charge in [-0.3, -0.25) is 4.79 Å². The van der Waals surface area contributed by atoms with Gasteiger partial charge in [-0.05, 0) is 49.3 Å². The van der Waals surface area contributed by atoms with Crippen molar-refractivity contribution in [1.82, 2.24) is 0 Å². The summed E-state index contributed by atoms with van der Waals surface area (Å²) in [6.45, 7) is 0. The fourth-order valence-corrected chi connectivity index (χ4v) is 3.08. The molecule has 1 atom stereocenters.